The first-order chi connectivity index (χ1) is 6.77. The van der Waals surface area contributed by atoms with E-state index in [9.17, 15) is 4.79 Å². The molecular weight excluding hydrogens is 246 g/mol. The monoisotopic (exact) mass is 251 g/mol. The van der Waals surface area contributed by atoms with Gasteiger partial charge in [0.1, 0.15) is 5.82 Å². The molecule has 0 aliphatic carbocycles. The van der Waals surface area contributed by atoms with Crippen LogP contribution in [0.5, 0.6) is 0 Å². The number of rotatable bonds is 1. The van der Waals surface area contributed by atoms with Crippen molar-refractivity contribution in [3.63, 3.8) is 0 Å². The molecule has 0 unspecified atom stereocenters. The summed E-state index contributed by atoms with van der Waals surface area (Å²) in [7, 11) is 0. The third kappa shape index (κ3) is 1.72. The van der Waals surface area contributed by atoms with Gasteiger partial charge in [-0.2, -0.15) is 0 Å². The van der Waals surface area contributed by atoms with Crippen molar-refractivity contribution in [3.05, 3.63) is 51.7 Å². The fourth-order valence-electron chi connectivity index (χ4n) is 1.08. The Hall–Kier alpha value is -1.49. The van der Waals surface area contributed by atoms with Crippen LogP contribution in [0.2, 0.25) is 0 Å². The molecular formula is C9H6BrN3O. The third-order valence-corrected chi connectivity index (χ3v) is 2.06. The molecule has 2 aromatic rings. The average Bonchev–Trinajstić information content (AvgIpc) is 2.18. The third-order valence-electron chi connectivity index (χ3n) is 1.68. The standard InChI is InChI=1S/C9H6BrN3O/c10-9-11-5-4-7(12-9)13-6-2-1-3-8(13)14/h1-6H. The molecule has 0 bridgehead atoms. The van der Waals surface area contributed by atoms with Crippen LogP contribution >= 0.6 is 15.9 Å². The molecule has 0 aliphatic rings. The second-order valence-electron chi connectivity index (χ2n) is 2.59. The summed E-state index contributed by atoms with van der Waals surface area (Å²) in [5.41, 5.74) is -0.113. The van der Waals surface area contributed by atoms with Gasteiger partial charge in [-0.1, -0.05) is 6.07 Å². The Morgan fingerprint density at radius 3 is 2.86 bits per heavy atom. The highest BCUT2D eigenvalue weighted by molar-refractivity contribution is 9.10. The van der Waals surface area contributed by atoms with E-state index in [1.165, 1.54) is 10.6 Å². The summed E-state index contributed by atoms with van der Waals surface area (Å²) in [6.45, 7) is 0. The van der Waals surface area contributed by atoms with Crippen LogP contribution in [0.25, 0.3) is 5.82 Å². The van der Waals surface area contributed by atoms with E-state index in [0.717, 1.165) is 0 Å². The number of pyridine rings is 1. The van der Waals surface area contributed by atoms with Crippen molar-refractivity contribution in [1.82, 2.24) is 14.5 Å². The molecule has 2 heterocycles. The predicted molar refractivity (Wildman–Crippen MR) is 55.3 cm³/mol. The van der Waals surface area contributed by atoms with Gasteiger partial charge in [0, 0.05) is 18.5 Å². The van der Waals surface area contributed by atoms with Crippen molar-refractivity contribution >= 4 is 15.9 Å². The van der Waals surface area contributed by atoms with Gasteiger partial charge in [-0.15, -0.1) is 0 Å². The maximum absolute atomic E-state index is 11.4. The first-order valence-electron chi connectivity index (χ1n) is 3.94. The number of hydrogen-bond acceptors (Lipinski definition) is 3. The minimum absolute atomic E-state index is 0.113. The molecule has 0 atom stereocenters. The van der Waals surface area contributed by atoms with E-state index in [1.807, 2.05) is 0 Å². The molecule has 4 nitrogen and oxygen atoms in total. The molecule has 0 saturated heterocycles. The van der Waals surface area contributed by atoms with E-state index in [0.29, 0.717) is 10.6 Å². The molecule has 0 saturated carbocycles. The summed E-state index contributed by atoms with van der Waals surface area (Å²) < 4.78 is 1.91. The topological polar surface area (TPSA) is 47.8 Å². The highest BCUT2D eigenvalue weighted by Crippen LogP contribution is 2.04. The van der Waals surface area contributed by atoms with Crippen molar-refractivity contribution in [3.8, 4) is 5.82 Å². The Balaban J connectivity index is 2.61. The van der Waals surface area contributed by atoms with Crippen LogP contribution in [0.15, 0.2) is 46.2 Å². The highest BCUT2D eigenvalue weighted by atomic mass is 79.9. The SMILES string of the molecule is O=c1ccccn1-c1ccnc(Br)n1. The Kier molecular flexibility index (Phi) is 2.41. The molecule has 2 aromatic heterocycles. The van der Waals surface area contributed by atoms with Crippen LogP contribution in [-0.4, -0.2) is 14.5 Å². The molecule has 0 aromatic carbocycles. The fraction of sp³-hybridized carbons (Fsp3) is 0. The minimum Gasteiger partial charge on any atom is -0.269 e. The van der Waals surface area contributed by atoms with Gasteiger partial charge in [0.25, 0.3) is 5.56 Å². The zero-order valence-corrected chi connectivity index (χ0v) is 8.68. The van der Waals surface area contributed by atoms with Crippen molar-refractivity contribution in [1.29, 1.82) is 0 Å². The molecule has 0 amide bonds. The van der Waals surface area contributed by atoms with Crippen LogP contribution in [0.1, 0.15) is 0 Å². The second kappa shape index (κ2) is 3.71. The van der Waals surface area contributed by atoms with Gasteiger partial charge in [0.15, 0.2) is 4.73 Å². The van der Waals surface area contributed by atoms with Gasteiger partial charge in [-0.3, -0.25) is 9.36 Å². The van der Waals surface area contributed by atoms with Crippen molar-refractivity contribution in [2.45, 2.75) is 0 Å². The molecule has 0 radical (unpaired) electrons. The molecule has 2 rings (SSSR count). The maximum atomic E-state index is 11.4. The van der Waals surface area contributed by atoms with Crippen molar-refractivity contribution in [2.24, 2.45) is 0 Å². The summed E-state index contributed by atoms with van der Waals surface area (Å²) in [5, 5.41) is 0. The highest BCUT2D eigenvalue weighted by Gasteiger charge is 1.99. The van der Waals surface area contributed by atoms with Crippen LogP contribution in [0, 0.1) is 0 Å². The van der Waals surface area contributed by atoms with Crippen LogP contribution in [0.3, 0.4) is 0 Å². The Labute approximate surface area is 88.4 Å². The van der Waals surface area contributed by atoms with Gasteiger partial charge < -0.3 is 0 Å². The number of hydrogen-bond donors (Lipinski definition) is 0. The van der Waals surface area contributed by atoms with Crippen molar-refractivity contribution in [2.75, 3.05) is 0 Å². The normalized spacial score (nSPS) is 10.1. The lowest BCUT2D eigenvalue weighted by atomic mass is 10.4. The first-order valence-corrected chi connectivity index (χ1v) is 4.73. The van der Waals surface area contributed by atoms with Gasteiger partial charge in [0.05, 0.1) is 0 Å². The molecule has 70 valence electrons. The Morgan fingerprint density at radius 1 is 1.29 bits per heavy atom. The summed E-state index contributed by atoms with van der Waals surface area (Å²) in [4.78, 5) is 19.4. The number of halogens is 1. The van der Waals surface area contributed by atoms with E-state index in [1.54, 1.807) is 30.6 Å². The molecule has 0 N–H and O–H groups in total. The lowest BCUT2D eigenvalue weighted by molar-refractivity contribution is 0.914. The fourth-order valence-corrected chi connectivity index (χ4v) is 1.38. The van der Waals surface area contributed by atoms with E-state index < -0.39 is 0 Å². The van der Waals surface area contributed by atoms with Gasteiger partial charge >= 0.3 is 0 Å². The van der Waals surface area contributed by atoms with Crippen LogP contribution in [0.4, 0.5) is 0 Å². The van der Waals surface area contributed by atoms with Crippen LogP contribution < -0.4 is 5.56 Å². The van der Waals surface area contributed by atoms with Crippen LogP contribution in [-0.2, 0) is 0 Å². The summed E-state index contributed by atoms with van der Waals surface area (Å²) in [6, 6.07) is 6.62. The largest absolute Gasteiger partial charge is 0.269 e. The second-order valence-corrected chi connectivity index (χ2v) is 3.30. The lowest BCUT2D eigenvalue weighted by Gasteiger charge is -2.02. The number of aromatic nitrogens is 3. The molecule has 0 aliphatic heterocycles. The minimum atomic E-state index is -0.113. The molecule has 14 heavy (non-hydrogen) atoms. The summed E-state index contributed by atoms with van der Waals surface area (Å²) in [5.74, 6) is 0.553. The van der Waals surface area contributed by atoms with E-state index in [2.05, 4.69) is 25.9 Å². The summed E-state index contributed by atoms with van der Waals surface area (Å²) in [6.07, 6.45) is 3.25. The number of nitrogens with zero attached hydrogens (tertiary/aromatic N) is 3. The molecule has 0 fully saturated rings. The van der Waals surface area contributed by atoms with Crippen molar-refractivity contribution < 1.29 is 0 Å². The maximum Gasteiger partial charge on any atom is 0.256 e. The Bertz CT molecular complexity index is 509. The Morgan fingerprint density at radius 2 is 2.14 bits per heavy atom. The van der Waals surface area contributed by atoms with E-state index >= 15 is 0 Å². The molecule has 0 spiro atoms. The van der Waals surface area contributed by atoms with Gasteiger partial charge in [0.2, 0.25) is 0 Å². The van der Waals surface area contributed by atoms with E-state index in [-0.39, 0.29) is 5.56 Å². The average molecular weight is 252 g/mol. The quantitative estimate of drug-likeness (QED) is 0.720. The van der Waals surface area contributed by atoms with E-state index in [4.69, 9.17) is 0 Å². The molecule has 5 heteroatoms. The lowest BCUT2D eigenvalue weighted by Crippen LogP contribution is -2.16. The first kappa shape index (κ1) is 9.08. The zero-order chi connectivity index (χ0) is 9.97. The summed E-state index contributed by atoms with van der Waals surface area (Å²) >= 11 is 3.15. The van der Waals surface area contributed by atoms with Gasteiger partial charge in [-0.25, -0.2) is 9.97 Å². The smallest absolute Gasteiger partial charge is 0.256 e. The van der Waals surface area contributed by atoms with Gasteiger partial charge in [-0.05, 0) is 28.1 Å². The predicted octanol–water partition coefficient (Wildman–Crippen LogP) is 1.39. The zero-order valence-electron chi connectivity index (χ0n) is 7.09.